The molecule has 1 aromatic rings. The minimum atomic E-state index is 0.0798. The van der Waals surface area contributed by atoms with Gasteiger partial charge >= 0.3 is 0 Å². The molecule has 0 amide bonds. The SMILES string of the molecule is CCCC(C)(C)n1ncc(N)c1C. The van der Waals surface area contributed by atoms with Crippen LogP contribution in [0.15, 0.2) is 6.20 Å². The fourth-order valence-corrected chi connectivity index (χ4v) is 1.75. The predicted octanol–water partition coefficient (Wildman–Crippen LogP) is 2.31. The average Bonchev–Trinajstić information content (AvgIpc) is 2.33. The zero-order chi connectivity index (χ0) is 10.1. The Kier molecular flexibility index (Phi) is 2.64. The summed E-state index contributed by atoms with van der Waals surface area (Å²) in [6, 6.07) is 0. The summed E-state index contributed by atoms with van der Waals surface area (Å²) in [5, 5.41) is 4.30. The molecule has 0 saturated carbocycles. The highest BCUT2D eigenvalue weighted by atomic mass is 15.3. The van der Waals surface area contributed by atoms with Crippen LogP contribution in [0.3, 0.4) is 0 Å². The van der Waals surface area contributed by atoms with Gasteiger partial charge in [-0.3, -0.25) is 4.68 Å². The molecule has 0 aromatic carbocycles. The third kappa shape index (κ3) is 1.85. The Morgan fingerprint density at radius 1 is 1.54 bits per heavy atom. The number of nitrogens with two attached hydrogens (primary N) is 1. The van der Waals surface area contributed by atoms with E-state index in [1.54, 1.807) is 6.20 Å². The lowest BCUT2D eigenvalue weighted by Crippen LogP contribution is -2.28. The van der Waals surface area contributed by atoms with Crippen LogP contribution in [-0.2, 0) is 5.54 Å². The van der Waals surface area contributed by atoms with Crippen LogP contribution < -0.4 is 5.73 Å². The van der Waals surface area contributed by atoms with E-state index < -0.39 is 0 Å². The molecule has 0 radical (unpaired) electrons. The smallest absolute Gasteiger partial charge is 0.0730 e. The van der Waals surface area contributed by atoms with Gasteiger partial charge in [0.2, 0.25) is 0 Å². The molecule has 0 unspecified atom stereocenters. The van der Waals surface area contributed by atoms with Gasteiger partial charge in [-0.25, -0.2) is 0 Å². The van der Waals surface area contributed by atoms with Crippen LogP contribution in [0.25, 0.3) is 0 Å². The van der Waals surface area contributed by atoms with E-state index >= 15 is 0 Å². The van der Waals surface area contributed by atoms with E-state index in [0.29, 0.717) is 0 Å². The number of anilines is 1. The second-order valence-corrected chi connectivity index (χ2v) is 4.16. The fourth-order valence-electron chi connectivity index (χ4n) is 1.75. The van der Waals surface area contributed by atoms with Gasteiger partial charge in [0, 0.05) is 0 Å². The van der Waals surface area contributed by atoms with Crippen molar-refractivity contribution in [3.8, 4) is 0 Å². The van der Waals surface area contributed by atoms with Crippen LogP contribution in [0.1, 0.15) is 39.3 Å². The van der Waals surface area contributed by atoms with Crippen molar-refractivity contribution in [3.63, 3.8) is 0 Å². The van der Waals surface area contributed by atoms with Crippen molar-refractivity contribution < 1.29 is 0 Å². The van der Waals surface area contributed by atoms with Gasteiger partial charge in [-0.2, -0.15) is 5.10 Å². The summed E-state index contributed by atoms with van der Waals surface area (Å²) in [6.45, 7) is 8.58. The van der Waals surface area contributed by atoms with E-state index in [1.807, 2.05) is 11.6 Å². The van der Waals surface area contributed by atoms with E-state index in [9.17, 15) is 0 Å². The number of nitrogens with zero attached hydrogens (tertiary/aromatic N) is 2. The normalized spacial score (nSPS) is 12.0. The van der Waals surface area contributed by atoms with Crippen LogP contribution in [0, 0.1) is 6.92 Å². The van der Waals surface area contributed by atoms with Crippen molar-refractivity contribution in [2.75, 3.05) is 5.73 Å². The standard InChI is InChI=1S/C10H19N3/c1-5-6-10(3,4)13-8(2)9(11)7-12-13/h7H,5-6,11H2,1-4H3. The molecule has 13 heavy (non-hydrogen) atoms. The van der Waals surface area contributed by atoms with E-state index in [-0.39, 0.29) is 5.54 Å². The summed E-state index contributed by atoms with van der Waals surface area (Å²) in [5.41, 5.74) is 7.68. The number of rotatable bonds is 3. The predicted molar refractivity (Wildman–Crippen MR) is 55.6 cm³/mol. The summed E-state index contributed by atoms with van der Waals surface area (Å²) >= 11 is 0. The van der Waals surface area contributed by atoms with Crippen molar-refractivity contribution in [2.24, 2.45) is 0 Å². The van der Waals surface area contributed by atoms with E-state index in [2.05, 4.69) is 25.9 Å². The number of hydrogen-bond donors (Lipinski definition) is 1. The molecule has 1 rings (SSSR count). The molecule has 3 heteroatoms. The topological polar surface area (TPSA) is 43.8 Å². The quantitative estimate of drug-likeness (QED) is 0.777. The molecular formula is C10H19N3. The Bertz CT molecular complexity index is 286. The van der Waals surface area contributed by atoms with Gasteiger partial charge in [0.25, 0.3) is 0 Å². The zero-order valence-electron chi connectivity index (χ0n) is 8.96. The Balaban J connectivity index is 2.99. The summed E-state index contributed by atoms with van der Waals surface area (Å²) in [4.78, 5) is 0. The average molecular weight is 181 g/mol. The minimum Gasteiger partial charge on any atom is -0.396 e. The maximum absolute atomic E-state index is 5.75. The summed E-state index contributed by atoms with van der Waals surface area (Å²) in [6.07, 6.45) is 4.01. The van der Waals surface area contributed by atoms with Gasteiger partial charge in [-0.1, -0.05) is 13.3 Å². The van der Waals surface area contributed by atoms with Crippen molar-refractivity contribution in [2.45, 2.75) is 46.1 Å². The molecular weight excluding hydrogens is 162 g/mol. The maximum Gasteiger partial charge on any atom is 0.0730 e. The van der Waals surface area contributed by atoms with Gasteiger partial charge < -0.3 is 5.73 Å². The second-order valence-electron chi connectivity index (χ2n) is 4.16. The van der Waals surface area contributed by atoms with Gasteiger partial charge in [0.15, 0.2) is 0 Å². The maximum atomic E-state index is 5.75. The summed E-state index contributed by atoms with van der Waals surface area (Å²) in [5.74, 6) is 0. The molecule has 0 fully saturated rings. The van der Waals surface area contributed by atoms with Crippen molar-refractivity contribution in [1.29, 1.82) is 0 Å². The molecule has 74 valence electrons. The van der Waals surface area contributed by atoms with Crippen LogP contribution >= 0.6 is 0 Å². The monoisotopic (exact) mass is 181 g/mol. The van der Waals surface area contributed by atoms with Crippen molar-refractivity contribution >= 4 is 5.69 Å². The van der Waals surface area contributed by atoms with Crippen LogP contribution in [0.4, 0.5) is 5.69 Å². The highest BCUT2D eigenvalue weighted by Crippen LogP contribution is 2.24. The Labute approximate surface area is 79.9 Å². The zero-order valence-corrected chi connectivity index (χ0v) is 8.96. The van der Waals surface area contributed by atoms with Crippen LogP contribution in [-0.4, -0.2) is 9.78 Å². The Hall–Kier alpha value is -0.990. The number of aromatic nitrogens is 2. The van der Waals surface area contributed by atoms with Crippen molar-refractivity contribution in [1.82, 2.24) is 9.78 Å². The molecule has 0 saturated heterocycles. The Morgan fingerprint density at radius 3 is 2.54 bits per heavy atom. The largest absolute Gasteiger partial charge is 0.396 e. The van der Waals surface area contributed by atoms with Crippen LogP contribution in [0.5, 0.6) is 0 Å². The molecule has 0 aliphatic carbocycles. The highest BCUT2D eigenvalue weighted by molar-refractivity contribution is 5.40. The number of nitrogen functional groups attached to an aromatic ring is 1. The molecule has 0 spiro atoms. The molecule has 0 bridgehead atoms. The molecule has 0 atom stereocenters. The molecule has 3 nitrogen and oxygen atoms in total. The summed E-state index contributed by atoms with van der Waals surface area (Å²) < 4.78 is 2.02. The van der Waals surface area contributed by atoms with Crippen molar-refractivity contribution in [3.05, 3.63) is 11.9 Å². The fraction of sp³-hybridized carbons (Fsp3) is 0.700. The molecule has 0 aliphatic heterocycles. The highest BCUT2D eigenvalue weighted by Gasteiger charge is 2.22. The van der Waals surface area contributed by atoms with E-state index in [1.165, 1.54) is 0 Å². The van der Waals surface area contributed by atoms with Gasteiger partial charge in [-0.05, 0) is 27.2 Å². The first kappa shape index (κ1) is 10.1. The minimum absolute atomic E-state index is 0.0798. The Morgan fingerprint density at radius 2 is 2.15 bits per heavy atom. The first-order chi connectivity index (χ1) is 5.99. The lowest BCUT2D eigenvalue weighted by molar-refractivity contribution is 0.287. The molecule has 1 heterocycles. The third-order valence-corrected chi connectivity index (χ3v) is 2.48. The first-order valence-electron chi connectivity index (χ1n) is 4.79. The number of hydrogen-bond acceptors (Lipinski definition) is 2. The third-order valence-electron chi connectivity index (χ3n) is 2.48. The van der Waals surface area contributed by atoms with E-state index in [4.69, 9.17) is 5.73 Å². The second kappa shape index (κ2) is 3.40. The van der Waals surface area contributed by atoms with Gasteiger partial charge in [0.1, 0.15) is 0 Å². The lowest BCUT2D eigenvalue weighted by Gasteiger charge is -2.26. The molecule has 0 aliphatic rings. The van der Waals surface area contributed by atoms with E-state index in [0.717, 1.165) is 24.2 Å². The summed E-state index contributed by atoms with van der Waals surface area (Å²) in [7, 11) is 0. The molecule has 2 N–H and O–H groups in total. The van der Waals surface area contributed by atoms with Gasteiger partial charge in [-0.15, -0.1) is 0 Å². The first-order valence-corrected chi connectivity index (χ1v) is 4.79. The van der Waals surface area contributed by atoms with Gasteiger partial charge in [0.05, 0.1) is 23.1 Å². The molecule has 1 aromatic heterocycles. The lowest BCUT2D eigenvalue weighted by atomic mass is 9.99. The van der Waals surface area contributed by atoms with Crippen LogP contribution in [0.2, 0.25) is 0 Å².